The molecule has 0 bridgehead atoms. The van der Waals surface area contributed by atoms with Gasteiger partial charge in [-0.1, -0.05) is 18.2 Å². The van der Waals surface area contributed by atoms with Gasteiger partial charge in [0.25, 0.3) is 5.91 Å². The Hall–Kier alpha value is -1.92. The summed E-state index contributed by atoms with van der Waals surface area (Å²) in [5, 5.41) is 3.72. The molecule has 116 valence electrons. The standard InChI is InChI=1S/C16H17NO4S/c18-15(17-9-12-5-3-7-20-12)10-21-16(19)14-8-11-4-1-2-6-13(11)22-14/h1-2,4,6,8,12H,3,5,7,9-10H2,(H,17,18)/t12-/m1/s1. The summed E-state index contributed by atoms with van der Waals surface area (Å²) in [6.07, 6.45) is 2.07. The third-order valence-corrected chi connectivity index (χ3v) is 4.61. The van der Waals surface area contributed by atoms with E-state index in [0.717, 1.165) is 29.5 Å². The van der Waals surface area contributed by atoms with Crippen LogP contribution in [-0.4, -0.2) is 37.7 Å². The second-order valence-corrected chi connectivity index (χ2v) is 6.25. The van der Waals surface area contributed by atoms with E-state index in [1.54, 1.807) is 6.07 Å². The summed E-state index contributed by atoms with van der Waals surface area (Å²) < 4.78 is 11.5. The second kappa shape index (κ2) is 6.89. The summed E-state index contributed by atoms with van der Waals surface area (Å²) >= 11 is 1.36. The van der Waals surface area contributed by atoms with Crippen LogP contribution in [-0.2, 0) is 14.3 Å². The minimum atomic E-state index is -0.464. The molecule has 1 aromatic heterocycles. The highest BCUT2D eigenvalue weighted by Crippen LogP contribution is 2.25. The summed E-state index contributed by atoms with van der Waals surface area (Å²) in [6, 6.07) is 9.52. The van der Waals surface area contributed by atoms with Crippen molar-refractivity contribution < 1.29 is 19.1 Å². The smallest absolute Gasteiger partial charge is 0.348 e. The van der Waals surface area contributed by atoms with Gasteiger partial charge in [-0.3, -0.25) is 4.79 Å². The number of nitrogens with one attached hydrogen (secondary N) is 1. The summed E-state index contributed by atoms with van der Waals surface area (Å²) in [7, 11) is 0. The number of fused-ring (bicyclic) bond motifs is 1. The van der Waals surface area contributed by atoms with E-state index in [2.05, 4.69) is 5.32 Å². The van der Waals surface area contributed by atoms with Crippen molar-refractivity contribution >= 4 is 33.3 Å². The zero-order valence-corrected chi connectivity index (χ0v) is 12.9. The topological polar surface area (TPSA) is 64.6 Å². The largest absolute Gasteiger partial charge is 0.451 e. The second-order valence-electron chi connectivity index (χ2n) is 5.16. The molecule has 22 heavy (non-hydrogen) atoms. The van der Waals surface area contributed by atoms with Gasteiger partial charge in [-0.25, -0.2) is 4.79 Å². The summed E-state index contributed by atoms with van der Waals surface area (Å²) in [6.45, 7) is 0.959. The molecular formula is C16H17NO4S. The van der Waals surface area contributed by atoms with Crippen LogP contribution in [0.5, 0.6) is 0 Å². The highest BCUT2D eigenvalue weighted by atomic mass is 32.1. The molecule has 1 saturated heterocycles. The van der Waals surface area contributed by atoms with Gasteiger partial charge in [0.2, 0.25) is 0 Å². The Morgan fingerprint density at radius 2 is 2.23 bits per heavy atom. The molecule has 0 aliphatic carbocycles. The van der Waals surface area contributed by atoms with Gasteiger partial charge in [0, 0.05) is 17.9 Å². The third-order valence-electron chi connectivity index (χ3n) is 3.51. The molecule has 3 rings (SSSR count). The number of amides is 1. The quantitative estimate of drug-likeness (QED) is 0.859. The maximum atomic E-state index is 12.0. The number of thiophene rings is 1. The van der Waals surface area contributed by atoms with E-state index in [1.807, 2.05) is 24.3 Å². The van der Waals surface area contributed by atoms with Crippen molar-refractivity contribution in [3.8, 4) is 0 Å². The SMILES string of the molecule is O=C(COC(=O)c1cc2ccccc2s1)NC[C@H]1CCCO1. The van der Waals surface area contributed by atoms with Crippen LogP contribution in [0.4, 0.5) is 0 Å². The number of rotatable bonds is 5. The number of hydrogen-bond acceptors (Lipinski definition) is 5. The molecule has 5 nitrogen and oxygen atoms in total. The highest BCUT2D eigenvalue weighted by molar-refractivity contribution is 7.20. The zero-order valence-electron chi connectivity index (χ0n) is 12.0. The van der Waals surface area contributed by atoms with Crippen LogP contribution in [0.1, 0.15) is 22.5 Å². The number of ether oxygens (including phenoxy) is 2. The molecule has 0 saturated carbocycles. The summed E-state index contributed by atoms with van der Waals surface area (Å²) in [5.41, 5.74) is 0. The van der Waals surface area contributed by atoms with E-state index < -0.39 is 5.97 Å². The highest BCUT2D eigenvalue weighted by Gasteiger charge is 2.17. The van der Waals surface area contributed by atoms with Gasteiger partial charge >= 0.3 is 5.97 Å². The molecule has 1 N–H and O–H groups in total. The first-order valence-electron chi connectivity index (χ1n) is 7.26. The van der Waals surface area contributed by atoms with E-state index in [1.165, 1.54) is 11.3 Å². The normalized spacial score (nSPS) is 17.5. The fourth-order valence-corrected chi connectivity index (χ4v) is 3.33. The Morgan fingerprint density at radius 3 is 3.00 bits per heavy atom. The Kier molecular flexibility index (Phi) is 4.70. The van der Waals surface area contributed by atoms with Crippen LogP contribution in [0.15, 0.2) is 30.3 Å². The zero-order chi connectivity index (χ0) is 15.4. The Labute approximate surface area is 132 Å². The van der Waals surface area contributed by atoms with E-state index >= 15 is 0 Å². The Bertz CT molecular complexity index is 643. The molecule has 6 heteroatoms. The number of carbonyl (C=O) groups excluding carboxylic acids is 2. The first-order chi connectivity index (χ1) is 10.7. The average Bonchev–Trinajstić information content (AvgIpc) is 3.19. The minimum Gasteiger partial charge on any atom is -0.451 e. The molecule has 1 aliphatic heterocycles. The molecule has 0 radical (unpaired) electrons. The van der Waals surface area contributed by atoms with E-state index in [0.29, 0.717) is 11.4 Å². The van der Waals surface area contributed by atoms with Gasteiger partial charge in [0.1, 0.15) is 4.88 Å². The lowest BCUT2D eigenvalue weighted by Crippen LogP contribution is -2.34. The predicted molar refractivity (Wildman–Crippen MR) is 84.1 cm³/mol. The molecule has 1 aromatic carbocycles. The first-order valence-corrected chi connectivity index (χ1v) is 8.08. The number of carbonyl (C=O) groups is 2. The maximum absolute atomic E-state index is 12.0. The van der Waals surface area contributed by atoms with Crippen LogP contribution < -0.4 is 5.32 Å². The van der Waals surface area contributed by atoms with Crippen molar-refractivity contribution in [3.05, 3.63) is 35.2 Å². The molecule has 0 unspecified atom stereocenters. The minimum absolute atomic E-state index is 0.0854. The van der Waals surface area contributed by atoms with E-state index in [4.69, 9.17) is 9.47 Å². The molecule has 1 amide bonds. The van der Waals surface area contributed by atoms with Crippen LogP contribution in [0.3, 0.4) is 0 Å². The van der Waals surface area contributed by atoms with Gasteiger partial charge in [-0.05, 0) is 30.4 Å². The van der Waals surface area contributed by atoms with Crippen molar-refractivity contribution in [1.82, 2.24) is 5.32 Å². The Morgan fingerprint density at radius 1 is 1.36 bits per heavy atom. The van der Waals surface area contributed by atoms with Crippen LogP contribution in [0.25, 0.3) is 10.1 Å². The average molecular weight is 319 g/mol. The monoisotopic (exact) mass is 319 g/mol. The van der Waals surface area contributed by atoms with Crippen molar-refractivity contribution in [1.29, 1.82) is 0 Å². The summed E-state index contributed by atoms with van der Waals surface area (Å²) in [5.74, 6) is -0.765. The van der Waals surface area contributed by atoms with Gasteiger partial charge in [-0.15, -0.1) is 11.3 Å². The van der Waals surface area contributed by atoms with Gasteiger partial charge < -0.3 is 14.8 Å². The third kappa shape index (κ3) is 3.64. The van der Waals surface area contributed by atoms with Gasteiger partial charge in [0.05, 0.1) is 6.10 Å². The fourth-order valence-electron chi connectivity index (χ4n) is 2.37. The molecule has 1 fully saturated rings. The van der Waals surface area contributed by atoms with Crippen LogP contribution >= 0.6 is 11.3 Å². The van der Waals surface area contributed by atoms with Crippen molar-refractivity contribution in [3.63, 3.8) is 0 Å². The van der Waals surface area contributed by atoms with Crippen molar-refractivity contribution in [2.75, 3.05) is 19.8 Å². The number of esters is 1. The first kappa shape index (κ1) is 15.0. The molecular weight excluding hydrogens is 302 g/mol. The predicted octanol–water partition coefficient (Wildman–Crippen LogP) is 2.35. The molecule has 2 heterocycles. The number of benzene rings is 1. The van der Waals surface area contributed by atoms with Gasteiger partial charge in [-0.2, -0.15) is 0 Å². The van der Waals surface area contributed by atoms with Crippen molar-refractivity contribution in [2.24, 2.45) is 0 Å². The maximum Gasteiger partial charge on any atom is 0.348 e. The van der Waals surface area contributed by atoms with Crippen molar-refractivity contribution in [2.45, 2.75) is 18.9 Å². The fraction of sp³-hybridized carbons (Fsp3) is 0.375. The lowest BCUT2D eigenvalue weighted by molar-refractivity contribution is -0.124. The molecule has 1 atom stereocenters. The van der Waals surface area contributed by atoms with Gasteiger partial charge in [0.15, 0.2) is 6.61 Å². The molecule has 2 aromatic rings. The summed E-state index contributed by atoms with van der Waals surface area (Å²) in [4.78, 5) is 24.1. The van der Waals surface area contributed by atoms with Crippen LogP contribution in [0.2, 0.25) is 0 Å². The molecule has 1 aliphatic rings. The Balaban J connectivity index is 1.47. The van der Waals surface area contributed by atoms with Crippen LogP contribution in [0, 0.1) is 0 Å². The lowest BCUT2D eigenvalue weighted by Gasteiger charge is -2.10. The van der Waals surface area contributed by atoms with E-state index in [9.17, 15) is 9.59 Å². The number of hydrogen-bond donors (Lipinski definition) is 1. The molecule has 0 spiro atoms. The lowest BCUT2D eigenvalue weighted by atomic mass is 10.2. The van der Waals surface area contributed by atoms with E-state index in [-0.39, 0.29) is 18.6 Å².